The molecule has 28 heavy (non-hydrogen) atoms. The highest BCUT2D eigenvalue weighted by Gasteiger charge is 2.34. The fraction of sp³-hybridized carbons (Fsp3) is 0.333. The number of pyridine rings is 1. The summed E-state index contributed by atoms with van der Waals surface area (Å²) in [5, 5.41) is 3.05. The predicted molar refractivity (Wildman–Crippen MR) is 104 cm³/mol. The van der Waals surface area contributed by atoms with Gasteiger partial charge in [0.2, 0.25) is 5.91 Å². The van der Waals surface area contributed by atoms with Crippen molar-refractivity contribution < 1.29 is 14.4 Å². The minimum atomic E-state index is -0.275. The number of imide groups is 1. The van der Waals surface area contributed by atoms with Gasteiger partial charge in [0, 0.05) is 38.3 Å². The molecule has 0 aliphatic carbocycles. The van der Waals surface area contributed by atoms with Crippen molar-refractivity contribution in [1.29, 1.82) is 0 Å². The lowest BCUT2D eigenvalue weighted by Gasteiger charge is -2.18. The van der Waals surface area contributed by atoms with Crippen molar-refractivity contribution in [3.05, 3.63) is 59.8 Å². The van der Waals surface area contributed by atoms with Crippen LogP contribution >= 0.6 is 0 Å². The Bertz CT molecular complexity index is 865. The molecule has 1 fully saturated rings. The third-order valence-electron chi connectivity index (χ3n) is 5.19. The molecule has 2 aliphatic heterocycles. The van der Waals surface area contributed by atoms with Crippen LogP contribution in [0, 0.1) is 0 Å². The number of hydrogen-bond donors (Lipinski definition) is 1. The second-order valence-electron chi connectivity index (χ2n) is 7.10. The van der Waals surface area contributed by atoms with E-state index >= 15 is 0 Å². The molecule has 1 saturated heterocycles. The summed E-state index contributed by atoms with van der Waals surface area (Å²) in [6, 6.07) is 12.7. The predicted octanol–water partition coefficient (Wildman–Crippen LogP) is 1.85. The Kier molecular flexibility index (Phi) is 5.06. The fourth-order valence-corrected chi connectivity index (χ4v) is 3.77. The third-order valence-corrected chi connectivity index (χ3v) is 5.19. The molecular formula is C21H22N4O3. The molecule has 3 amide bonds. The Hall–Kier alpha value is -3.22. The first-order valence-corrected chi connectivity index (χ1v) is 9.54. The minimum Gasteiger partial charge on any atom is -0.354 e. The number of anilines is 1. The van der Waals surface area contributed by atoms with Crippen LogP contribution < -0.4 is 10.2 Å². The van der Waals surface area contributed by atoms with Crippen LogP contribution in [0.25, 0.3) is 0 Å². The van der Waals surface area contributed by atoms with Crippen molar-refractivity contribution in [3.63, 3.8) is 0 Å². The van der Waals surface area contributed by atoms with Crippen molar-refractivity contribution in [2.24, 2.45) is 0 Å². The van der Waals surface area contributed by atoms with Crippen LogP contribution in [0.15, 0.2) is 48.7 Å². The number of hydrogen-bond acceptors (Lipinski definition) is 5. The second kappa shape index (κ2) is 7.80. The SMILES string of the molecule is O=C(CCCN1C(=O)c2ccccc2C1=O)NC1CCN(c2ccccn2)C1. The first-order valence-electron chi connectivity index (χ1n) is 9.54. The topological polar surface area (TPSA) is 82.6 Å². The van der Waals surface area contributed by atoms with Gasteiger partial charge in [0.25, 0.3) is 11.8 Å². The van der Waals surface area contributed by atoms with E-state index in [-0.39, 0.29) is 36.7 Å². The number of fused-ring (bicyclic) bond motifs is 1. The van der Waals surface area contributed by atoms with Gasteiger partial charge in [-0.2, -0.15) is 0 Å². The Balaban J connectivity index is 1.23. The largest absolute Gasteiger partial charge is 0.354 e. The molecule has 144 valence electrons. The van der Waals surface area contributed by atoms with E-state index in [0.29, 0.717) is 17.5 Å². The van der Waals surface area contributed by atoms with Crippen molar-refractivity contribution in [2.45, 2.75) is 25.3 Å². The van der Waals surface area contributed by atoms with Crippen molar-refractivity contribution in [3.8, 4) is 0 Å². The summed E-state index contributed by atoms with van der Waals surface area (Å²) in [6.07, 6.45) is 3.38. The third kappa shape index (κ3) is 3.60. The molecule has 2 aromatic rings. The molecule has 4 rings (SSSR count). The lowest BCUT2D eigenvalue weighted by molar-refractivity contribution is -0.121. The number of rotatable bonds is 6. The van der Waals surface area contributed by atoms with Gasteiger partial charge in [-0.25, -0.2) is 4.98 Å². The van der Waals surface area contributed by atoms with Crippen LogP contribution in [-0.2, 0) is 4.79 Å². The number of carbonyl (C=O) groups excluding carboxylic acids is 3. The van der Waals surface area contributed by atoms with Gasteiger partial charge < -0.3 is 10.2 Å². The maximum Gasteiger partial charge on any atom is 0.261 e. The standard InChI is InChI=1S/C21H22N4O3/c26-19(23-15-10-13-24(14-15)18-8-3-4-11-22-18)9-5-12-25-20(27)16-6-1-2-7-17(16)21(25)28/h1-4,6-8,11,15H,5,9-10,12-14H2,(H,23,26). The van der Waals surface area contributed by atoms with Crippen molar-refractivity contribution in [2.75, 3.05) is 24.5 Å². The molecule has 1 atom stereocenters. The molecule has 1 aromatic carbocycles. The summed E-state index contributed by atoms with van der Waals surface area (Å²) in [4.78, 5) is 44.6. The van der Waals surface area contributed by atoms with Gasteiger partial charge in [-0.05, 0) is 37.1 Å². The molecule has 3 heterocycles. The fourth-order valence-electron chi connectivity index (χ4n) is 3.77. The Morgan fingerprint density at radius 2 is 1.79 bits per heavy atom. The smallest absolute Gasteiger partial charge is 0.261 e. The quantitative estimate of drug-likeness (QED) is 0.776. The average Bonchev–Trinajstić information content (AvgIpc) is 3.28. The van der Waals surface area contributed by atoms with E-state index in [2.05, 4.69) is 15.2 Å². The van der Waals surface area contributed by atoms with Gasteiger partial charge in [0.05, 0.1) is 11.1 Å². The molecule has 0 saturated carbocycles. The molecule has 0 bridgehead atoms. The molecular weight excluding hydrogens is 356 g/mol. The average molecular weight is 378 g/mol. The Morgan fingerprint density at radius 1 is 1.07 bits per heavy atom. The summed E-state index contributed by atoms with van der Waals surface area (Å²) in [5.74, 6) is 0.319. The number of nitrogens with one attached hydrogen (secondary N) is 1. The monoisotopic (exact) mass is 378 g/mol. The first kappa shape index (κ1) is 18.2. The van der Waals surface area contributed by atoms with E-state index in [4.69, 9.17) is 0 Å². The maximum atomic E-state index is 12.3. The number of nitrogens with zero attached hydrogens (tertiary/aromatic N) is 3. The normalized spacial score (nSPS) is 18.5. The minimum absolute atomic E-state index is 0.0514. The van der Waals surface area contributed by atoms with Gasteiger partial charge in [-0.15, -0.1) is 0 Å². The molecule has 1 N–H and O–H groups in total. The molecule has 7 nitrogen and oxygen atoms in total. The van der Waals surface area contributed by atoms with E-state index in [1.807, 2.05) is 18.2 Å². The maximum absolute atomic E-state index is 12.3. The summed E-state index contributed by atoms with van der Waals surface area (Å²) < 4.78 is 0. The zero-order chi connectivity index (χ0) is 19.5. The van der Waals surface area contributed by atoms with E-state index in [1.54, 1.807) is 30.5 Å². The van der Waals surface area contributed by atoms with Gasteiger partial charge in [-0.3, -0.25) is 19.3 Å². The molecule has 0 spiro atoms. The van der Waals surface area contributed by atoms with Gasteiger partial charge in [0.1, 0.15) is 5.82 Å². The summed E-state index contributed by atoms with van der Waals surface area (Å²) in [5.41, 5.74) is 0.884. The zero-order valence-corrected chi connectivity index (χ0v) is 15.5. The molecule has 1 aromatic heterocycles. The number of aromatic nitrogens is 1. The number of benzene rings is 1. The first-order chi connectivity index (χ1) is 13.6. The summed E-state index contributed by atoms with van der Waals surface area (Å²) >= 11 is 0. The Labute approximate surface area is 163 Å². The van der Waals surface area contributed by atoms with Crippen LogP contribution in [0.2, 0.25) is 0 Å². The number of carbonyl (C=O) groups is 3. The highest BCUT2D eigenvalue weighted by Crippen LogP contribution is 2.22. The van der Waals surface area contributed by atoms with Crippen LogP contribution in [0.5, 0.6) is 0 Å². The number of amides is 3. The van der Waals surface area contributed by atoms with E-state index in [1.165, 1.54) is 4.90 Å². The second-order valence-corrected chi connectivity index (χ2v) is 7.10. The summed E-state index contributed by atoms with van der Waals surface area (Å²) in [6.45, 7) is 1.85. The van der Waals surface area contributed by atoms with Gasteiger partial charge in [-0.1, -0.05) is 18.2 Å². The Morgan fingerprint density at radius 3 is 2.46 bits per heavy atom. The van der Waals surface area contributed by atoms with E-state index < -0.39 is 0 Å². The van der Waals surface area contributed by atoms with Gasteiger partial charge in [0.15, 0.2) is 0 Å². The molecule has 2 aliphatic rings. The van der Waals surface area contributed by atoms with E-state index in [9.17, 15) is 14.4 Å². The van der Waals surface area contributed by atoms with Crippen LogP contribution in [-0.4, -0.2) is 53.3 Å². The van der Waals surface area contributed by atoms with E-state index in [0.717, 1.165) is 25.3 Å². The van der Waals surface area contributed by atoms with Crippen molar-refractivity contribution >= 4 is 23.5 Å². The lowest BCUT2D eigenvalue weighted by atomic mass is 10.1. The molecule has 1 unspecified atom stereocenters. The van der Waals surface area contributed by atoms with Crippen LogP contribution in [0.3, 0.4) is 0 Å². The highest BCUT2D eigenvalue weighted by atomic mass is 16.2. The highest BCUT2D eigenvalue weighted by molar-refractivity contribution is 6.21. The zero-order valence-electron chi connectivity index (χ0n) is 15.5. The van der Waals surface area contributed by atoms with Gasteiger partial charge >= 0.3 is 0 Å². The lowest BCUT2D eigenvalue weighted by Crippen LogP contribution is -2.38. The van der Waals surface area contributed by atoms with Crippen molar-refractivity contribution in [1.82, 2.24) is 15.2 Å². The molecule has 7 heteroatoms. The molecule has 0 radical (unpaired) electrons. The van der Waals surface area contributed by atoms with Crippen LogP contribution in [0.4, 0.5) is 5.82 Å². The van der Waals surface area contributed by atoms with Crippen LogP contribution in [0.1, 0.15) is 40.0 Å². The summed E-state index contributed by atoms with van der Waals surface area (Å²) in [7, 11) is 0.